The molecule has 0 bridgehead atoms. The Kier molecular flexibility index (Phi) is 10.7. The van der Waals surface area contributed by atoms with Crippen molar-refractivity contribution in [3.63, 3.8) is 0 Å². The van der Waals surface area contributed by atoms with Crippen molar-refractivity contribution in [3.05, 3.63) is 54.4 Å². The number of halogens is 1. The number of benzene rings is 1. The predicted octanol–water partition coefficient (Wildman–Crippen LogP) is 3.17. The Morgan fingerprint density at radius 3 is 2.29 bits per heavy atom. The first-order valence-corrected chi connectivity index (χ1v) is 12.4. The number of nitrogens with one attached hydrogen (secondary N) is 1. The molecular formula is C23H32ClN3O6S. The van der Waals surface area contributed by atoms with Gasteiger partial charge in [0.25, 0.3) is 5.91 Å². The lowest BCUT2D eigenvalue weighted by molar-refractivity contribution is -0.136. The Morgan fingerprint density at radius 2 is 1.76 bits per heavy atom. The molecule has 0 unspecified atom stereocenters. The molecule has 11 heteroatoms. The second-order valence-corrected chi connectivity index (χ2v) is 9.88. The number of methoxy groups -OCH3 is 1. The summed E-state index contributed by atoms with van der Waals surface area (Å²) in [6.45, 7) is 2.50. The third-order valence-electron chi connectivity index (χ3n) is 6.01. The van der Waals surface area contributed by atoms with Crippen LogP contribution in [0.15, 0.2) is 53.7 Å². The fraction of sp³-hybridized carbons (Fsp3) is 0.478. The molecule has 1 amide bonds. The van der Waals surface area contributed by atoms with Crippen LogP contribution < -0.4 is 10.2 Å². The zero-order valence-electron chi connectivity index (χ0n) is 19.3. The highest BCUT2D eigenvalue weighted by molar-refractivity contribution is 7.89. The van der Waals surface area contributed by atoms with Gasteiger partial charge in [0.2, 0.25) is 10.0 Å². The van der Waals surface area contributed by atoms with Crippen LogP contribution in [0.3, 0.4) is 0 Å². The summed E-state index contributed by atoms with van der Waals surface area (Å²) in [5, 5.41) is 9.52. The molecule has 3 rings (SSSR count). The minimum atomic E-state index is -4.10. The van der Waals surface area contributed by atoms with E-state index in [1.54, 1.807) is 42.1 Å². The number of sulfonamides is 1. The first-order valence-electron chi connectivity index (χ1n) is 11.0. The number of ether oxygens (including phenoxy) is 2. The van der Waals surface area contributed by atoms with E-state index in [9.17, 15) is 18.4 Å². The van der Waals surface area contributed by atoms with Gasteiger partial charge in [-0.3, -0.25) is 15.0 Å². The monoisotopic (exact) mass is 513 g/mol. The van der Waals surface area contributed by atoms with Crippen LogP contribution >= 0.6 is 12.4 Å². The molecule has 1 atom stereocenters. The fourth-order valence-electron chi connectivity index (χ4n) is 4.34. The van der Waals surface area contributed by atoms with E-state index in [0.29, 0.717) is 30.8 Å². The van der Waals surface area contributed by atoms with Crippen molar-refractivity contribution in [3.8, 4) is 5.75 Å². The Bertz CT molecular complexity index is 999. The van der Waals surface area contributed by atoms with Gasteiger partial charge in [0.1, 0.15) is 11.8 Å². The Labute approximate surface area is 206 Å². The van der Waals surface area contributed by atoms with E-state index in [2.05, 4.69) is 4.98 Å². The third kappa shape index (κ3) is 6.67. The van der Waals surface area contributed by atoms with Gasteiger partial charge in [-0.25, -0.2) is 13.9 Å². The van der Waals surface area contributed by atoms with Crippen molar-refractivity contribution in [2.75, 3.05) is 13.7 Å². The Morgan fingerprint density at radius 1 is 1.15 bits per heavy atom. The molecule has 1 aromatic heterocycles. The molecule has 2 N–H and O–H groups in total. The van der Waals surface area contributed by atoms with Crippen LogP contribution in [0, 0.1) is 5.92 Å². The van der Waals surface area contributed by atoms with E-state index in [1.807, 2.05) is 6.92 Å². The summed E-state index contributed by atoms with van der Waals surface area (Å²) in [7, 11) is -2.60. The maximum Gasteiger partial charge on any atom is 0.262 e. The Hall–Kier alpha value is -2.24. The quantitative estimate of drug-likeness (QED) is 0.370. The lowest BCUT2D eigenvalue weighted by Crippen LogP contribution is -2.53. The van der Waals surface area contributed by atoms with Gasteiger partial charge in [-0.15, -0.1) is 12.4 Å². The number of pyridine rings is 1. The first kappa shape index (κ1) is 28.0. The summed E-state index contributed by atoms with van der Waals surface area (Å²) < 4.78 is 39.6. The zero-order valence-corrected chi connectivity index (χ0v) is 20.9. The number of amides is 1. The molecule has 0 saturated heterocycles. The van der Waals surface area contributed by atoms with E-state index in [-0.39, 0.29) is 35.9 Å². The number of hydroxylamine groups is 1. The normalized spacial score (nSPS) is 19.2. The summed E-state index contributed by atoms with van der Waals surface area (Å²) in [5.41, 5.74) is 2.38. The number of rotatable bonds is 10. The van der Waals surface area contributed by atoms with Crippen LogP contribution in [0.5, 0.6) is 5.75 Å². The van der Waals surface area contributed by atoms with Gasteiger partial charge < -0.3 is 9.47 Å². The van der Waals surface area contributed by atoms with Crippen LogP contribution in [-0.2, 0) is 26.1 Å². The number of aromatic nitrogens is 1. The second kappa shape index (κ2) is 13.0. The van der Waals surface area contributed by atoms with Gasteiger partial charge >= 0.3 is 0 Å². The predicted molar refractivity (Wildman–Crippen MR) is 128 cm³/mol. The number of nitrogens with zero attached hydrogens (tertiary/aromatic N) is 2. The van der Waals surface area contributed by atoms with Crippen molar-refractivity contribution < 1.29 is 27.9 Å². The lowest BCUT2D eigenvalue weighted by atomic mass is 9.82. The Balaban J connectivity index is 0.00000408. The van der Waals surface area contributed by atoms with Crippen LogP contribution in [-0.4, -0.2) is 54.7 Å². The molecule has 1 aliphatic carbocycles. The largest absolute Gasteiger partial charge is 0.497 e. The van der Waals surface area contributed by atoms with Crippen molar-refractivity contribution in [1.29, 1.82) is 0 Å². The maximum atomic E-state index is 13.8. The highest BCUT2D eigenvalue weighted by atomic mass is 35.5. The number of carbonyl (C=O) groups excluding carboxylic acids is 1. The molecule has 188 valence electrons. The van der Waals surface area contributed by atoms with Crippen LogP contribution in [0.2, 0.25) is 0 Å². The van der Waals surface area contributed by atoms with Crippen LogP contribution in [0.1, 0.15) is 38.2 Å². The van der Waals surface area contributed by atoms with E-state index in [0.717, 1.165) is 12.8 Å². The molecule has 1 saturated carbocycles. The first-order chi connectivity index (χ1) is 15.9. The standard InChI is InChI=1S/C23H31N3O6S.ClH/c1-3-32-20-6-4-18(5-7-20)22(23(27)25-28)26(16-17-12-14-24-15-13-17)33(29,30)21-10-8-19(31-2)9-11-21;/h8-15,18,20,22,28H,3-7,16H2,1-2H3,(H,25,27);1H/t18-,20-,22-;/m1./s1. The molecule has 1 fully saturated rings. The molecule has 0 spiro atoms. The van der Waals surface area contributed by atoms with Crippen molar-refractivity contribution >= 4 is 28.3 Å². The molecule has 0 radical (unpaired) electrons. The van der Waals surface area contributed by atoms with Crippen molar-refractivity contribution in [2.45, 2.75) is 56.2 Å². The minimum absolute atomic E-state index is 0. The SMILES string of the molecule is CCO[C@H]1CC[C@H]([C@H](C(=O)NO)N(Cc2ccncc2)S(=O)(=O)c2ccc(OC)cc2)CC1.Cl. The molecule has 2 aromatic rings. The van der Waals surface area contributed by atoms with E-state index in [1.165, 1.54) is 23.5 Å². The van der Waals surface area contributed by atoms with Gasteiger partial charge in [0, 0.05) is 25.5 Å². The van der Waals surface area contributed by atoms with Gasteiger partial charge in [0.05, 0.1) is 18.1 Å². The molecule has 0 aliphatic heterocycles. The summed E-state index contributed by atoms with van der Waals surface area (Å²) in [4.78, 5) is 16.9. The summed E-state index contributed by atoms with van der Waals surface area (Å²) >= 11 is 0. The van der Waals surface area contributed by atoms with Gasteiger partial charge in [-0.1, -0.05) is 0 Å². The van der Waals surface area contributed by atoms with E-state index < -0.39 is 22.0 Å². The smallest absolute Gasteiger partial charge is 0.262 e. The number of hydrogen-bond donors (Lipinski definition) is 2. The molecule has 1 heterocycles. The molecule has 1 aromatic carbocycles. The lowest BCUT2D eigenvalue weighted by Gasteiger charge is -2.38. The van der Waals surface area contributed by atoms with E-state index >= 15 is 0 Å². The fourth-order valence-corrected chi connectivity index (χ4v) is 5.97. The number of hydrogen-bond acceptors (Lipinski definition) is 7. The second-order valence-electron chi connectivity index (χ2n) is 7.99. The molecule has 1 aliphatic rings. The third-order valence-corrected chi connectivity index (χ3v) is 7.85. The van der Waals surface area contributed by atoms with Gasteiger partial charge in [-0.2, -0.15) is 4.31 Å². The maximum absolute atomic E-state index is 13.8. The highest BCUT2D eigenvalue weighted by Gasteiger charge is 2.42. The summed E-state index contributed by atoms with van der Waals surface area (Å²) in [6, 6.07) is 8.35. The molecular weight excluding hydrogens is 482 g/mol. The average molecular weight is 514 g/mol. The molecule has 34 heavy (non-hydrogen) atoms. The minimum Gasteiger partial charge on any atom is -0.497 e. The van der Waals surface area contributed by atoms with Crippen molar-refractivity contribution in [1.82, 2.24) is 14.8 Å². The summed E-state index contributed by atoms with van der Waals surface area (Å²) in [5.74, 6) is -0.502. The summed E-state index contributed by atoms with van der Waals surface area (Å²) in [6.07, 6.45) is 5.89. The van der Waals surface area contributed by atoms with Crippen molar-refractivity contribution in [2.24, 2.45) is 5.92 Å². The zero-order chi connectivity index (χ0) is 23.8. The average Bonchev–Trinajstić information content (AvgIpc) is 2.85. The van der Waals surface area contributed by atoms with Crippen LogP contribution in [0.25, 0.3) is 0 Å². The topological polar surface area (TPSA) is 118 Å². The van der Waals surface area contributed by atoms with Gasteiger partial charge in [0.15, 0.2) is 0 Å². The number of carbonyl (C=O) groups is 1. The van der Waals surface area contributed by atoms with Crippen LogP contribution in [0.4, 0.5) is 0 Å². The molecule has 9 nitrogen and oxygen atoms in total. The highest BCUT2D eigenvalue weighted by Crippen LogP contribution is 2.34. The van der Waals surface area contributed by atoms with E-state index in [4.69, 9.17) is 9.47 Å². The van der Waals surface area contributed by atoms with Gasteiger partial charge in [-0.05, 0) is 80.5 Å².